The summed E-state index contributed by atoms with van der Waals surface area (Å²) in [6.07, 6.45) is 1.12. The van der Waals surface area contributed by atoms with Crippen LogP contribution in [0.15, 0.2) is 51.8 Å². The molecular formula is C48H69N17O20. The topological polar surface area (TPSA) is 570 Å². The van der Waals surface area contributed by atoms with E-state index in [1.165, 1.54) is 30.1 Å². The highest BCUT2D eigenvalue weighted by Gasteiger charge is 2.43. The lowest BCUT2D eigenvalue weighted by Gasteiger charge is -2.47. The predicted molar refractivity (Wildman–Crippen MR) is 284 cm³/mol. The van der Waals surface area contributed by atoms with Gasteiger partial charge in [0.1, 0.15) is 66.1 Å². The number of amides is 13. The van der Waals surface area contributed by atoms with Crippen molar-refractivity contribution in [3.8, 4) is 0 Å². The molecule has 22 N–H and O–H groups in total. The van der Waals surface area contributed by atoms with Crippen LogP contribution in [0, 0.1) is 0 Å². The standard InChI is InChI=1S/C48H69N17O20/c1-20(42(77)54-16-37(74)58-24-4-3-9-63(84)47(24)82)56-36(73)15-53-43(78)21(2)57-46(81)30(13-34(49)71)65(85)48(83)27(19-67)60-38(75)17-55-44(79)23-5-7-51-40(61-23)26(18-66)62-45(80)28-6-8-52-41-25(59-35(72)14-33(70)39(50)76)10-22-11-31(68)32(69)12-29(22)64(28)41/h10-12,20-21,23-24,26-30,33,52,66-70,84-85H,3-9,13-19H2,1-2H3,(H2,49,71)(H2,50,76)(H,51,61)(H,53,78)(H,54,77)(H,55,79)(H,56,73)(H,57,81)(H,58,74)(H,59,72)(H,60,75)(H,62,80). The molecule has 10 unspecified atom stereocenters. The molecule has 0 radical (unpaired) electrons. The van der Waals surface area contributed by atoms with E-state index in [0.717, 1.165) is 6.92 Å². The van der Waals surface area contributed by atoms with Crippen LogP contribution in [0.3, 0.4) is 0 Å². The number of amidine groups is 1. The van der Waals surface area contributed by atoms with Crippen molar-refractivity contribution < 1.29 is 98.3 Å². The lowest BCUT2D eigenvalue weighted by atomic mass is 9.90. The highest BCUT2D eigenvalue weighted by atomic mass is 16.5. The first-order chi connectivity index (χ1) is 40.1. The van der Waals surface area contributed by atoms with Crippen LogP contribution >= 0.6 is 0 Å². The molecule has 10 atom stereocenters. The zero-order valence-corrected chi connectivity index (χ0v) is 45.8. The molecule has 2 fully saturated rings. The monoisotopic (exact) mass is 1200 g/mol. The number of hydroxylamine groups is 4. The molecule has 0 aromatic rings. The number of allylic oxidation sites excluding steroid dienone is 1. The zero-order valence-electron chi connectivity index (χ0n) is 45.8. The largest absolute Gasteiger partial charge is 0.504 e. The number of rotatable bonds is 27. The first-order valence-corrected chi connectivity index (χ1v) is 26.4. The summed E-state index contributed by atoms with van der Waals surface area (Å²) in [5.41, 5.74) is 10.7. The van der Waals surface area contributed by atoms with E-state index >= 15 is 0 Å². The number of nitrogens with one attached hydrogen (secondary N) is 11. The normalized spacial score (nSPS) is 21.0. The Kier molecular flexibility index (Phi) is 23.6. The third-order valence-corrected chi connectivity index (χ3v) is 13.4. The maximum Gasteiger partial charge on any atom is 0.271 e. The third-order valence-electron chi connectivity index (χ3n) is 13.4. The van der Waals surface area contributed by atoms with Crippen molar-refractivity contribution in [3.63, 3.8) is 0 Å². The molecule has 0 bridgehead atoms. The van der Waals surface area contributed by atoms with E-state index < -0.39 is 194 Å². The Morgan fingerprint density at radius 1 is 0.776 bits per heavy atom. The van der Waals surface area contributed by atoms with Gasteiger partial charge < -0.3 is 100 Å². The molecule has 2 saturated heterocycles. The molecule has 0 spiro atoms. The van der Waals surface area contributed by atoms with Crippen molar-refractivity contribution in [2.75, 3.05) is 52.5 Å². The average molecular weight is 1200 g/mol. The minimum Gasteiger partial charge on any atom is -0.504 e. The van der Waals surface area contributed by atoms with Crippen molar-refractivity contribution in [3.05, 3.63) is 46.8 Å². The first kappa shape index (κ1) is 66.3. The minimum atomic E-state index is -2.17. The molecule has 37 heteroatoms. The number of primary amides is 2. The van der Waals surface area contributed by atoms with Gasteiger partial charge in [0.05, 0.1) is 57.4 Å². The molecule has 0 aromatic heterocycles. The summed E-state index contributed by atoms with van der Waals surface area (Å²) >= 11 is 0. The molecule has 1 aliphatic carbocycles. The molecule has 13 amide bonds. The van der Waals surface area contributed by atoms with E-state index in [4.69, 9.17) is 11.5 Å². The number of fused-ring (bicyclic) bond motifs is 3. The fourth-order valence-corrected chi connectivity index (χ4v) is 8.98. The number of aliphatic hydroxyl groups excluding tert-OH is 5. The number of piperidine rings is 1. The molecule has 466 valence electrons. The number of carbonyl (C=O) groups is 13. The van der Waals surface area contributed by atoms with Gasteiger partial charge in [0.25, 0.3) is 11.8 Å². The molecular weight excluding hydrogens is 1130 g/mol. The fraction of sp³-hybridized carbons (Fsp3) is 0.542. The molecule has 4 aliphatic heterocycles. The van der Waals surface area contributed by atoms with Crippen LogP contribution in [0.1, 0.15) is 52.4 Å². The van der Waals surface area contributed by atoms with Crippen LogP contribution in [0.4, 0.5) is 0 Å². The van der Waals surface area contributed by atoms with E-state index in [2.05, 4.69) is 63.5 Å². The number of nitrogens with two attached hydrogens (primary N) is 2. The third kappa shape index (κ3) is 18.0. The van der Waals surface area contributed by atoms with E-state index in [-0.39, 0.29) is 61.3 Å². The molecule has 85 heavy (non-hydrogen) atoms. The van der Waals surface area contributed by atoms with Gasteiger partial charge in [0, 0.05) is 19.6 Å². The molecule has 37 nitrogen and oxygen atoms in total. The number of nitrogens with zero attached hydrogens (tertiary/aromatic N) is 4. The number of carbonyl (C=O) groups excluding carboxylic acids is 13. The Morgan fingerprint density at radius 2 is 1.42 bits per heavy atom. The van der Waals surface area contributed by atoms with Gasteiger partial charge in [0.2, 0.25) is 65.0 Å². The van der Waals surface area contributed by atoms with Gasteiger partial charge in [-0.2, -0.15) is 0 Å². The van der Waals surface area contributed by atoms with E-state index in [9.17, 15) is 98.3 Å². The smallest absolute Gasteiger partial charge is 0.271 e. The van der Waals surface area contributed by atoms with Gasteiger partial charge in [-0.25, -0.2) is 10.1 Å². The van der Waals surface area contributed by atoms with Gasteiger partial charge in [-0.1, -0.05) is 0 Å². The lowest BCUT2D eigenvalue weighted by Crippen LogP contribution is -2.63. The summed E-state index contributed by atoms with van der Waals surface area (Å²) in [6, 6.07) is -12.4. The van der Waals surface area contributed by atoms with Gasteiger partial charge in [0.15, 0.2) is 11.5 Å². The van der Waals surface area contributed by atoms with Crippen LogP contribution in [0.5, 0.6) is 0 Å². The van der Waals surface area contributed by atoms with Gasteiger partial charge in [-0.05, 0) is 63.3 Å². The Morgan fingerprint density at radius 3 is 2.07 bits per heavy atom. The summed E-state index contributed by atoms with van der Waals surface area (Å²) in [7, 11) is 0. The summed E-state index contributed by atoms with van der Waals surface area (Å²) < 4.78 is 0. The van der Waals surface area contributed by atoms with Crippen molar-refractivity contribution >= 4 is 82.6 Å². The minimum absolute atomic E-state index is 0.0247. The van der Waals surface area contributed by atoms with Gasteiger partial charge in [-0.15, -0.1) is 0 Å². The summed E-state index contributed by atoms with van der Waals surface area (Å²) in [5, 5.41) is 98.4. The Hall–Kier alpha value is -9.46. The summed E-state index contributed by atoms with van der Waals surface area (Å²) in [4.78, 5) is 171. The second-order valence-corrected chi connectivity index (χ2v) is 19.8. The quantitative estimate of drug-likeness (QED) is 0.0268. The second-order valence-electron chi connectivity index (χ2n) is 19.8. The molecule has 0 saturated carbocycles. The van der Waals surface area contributed by atoms with Crippen molar-refractivity contribution in [2.24, 2.45) is 16.5 Å². The average Bonchev–Trinajstić information content (AvgIpc) is 2.50. The fourth-order valence-electron chi connectivity index (χ4n) is 8.98. The Bertz CT molecular complexity index is 2820. The van der Waals surface area contributed by atoms with Gasteiger partial charge >= 0.3 is 0 Å². The molecule has 5 aliphatic rings. The second kappa shape index (κ2) is 30.2. The molecule has 5 rings (SSSR count). The first-order valence-electron chi connectivity index (χ1n) is 26.4. The lowest BCUT2D eigenvalue weighted by molar-refractivity contribution is -0.184. The van der Waals surface area contributed by atoms with E-state index in [0.29, 0.717) is 17.1 Å². The van der Waals surface area contributed by atoms with Crippen molar-refractivity contribution in [1.29, 1.82) is 0 Å². The van der Waals surface area contributed by atoms with Crippen LogP contribution in [0.25, 0.3) is 0 Å². The van der Waals surface area contributed by atoms with E-state index in [1.54, 1.807) is 0 Å². The predicted octanol–water partition coefficient (Wildman–Crippen LogP) is -10.6. The number of aliphatic imine (C=N–C) groups is 1. The number of hydrogen-bond donors (Lipinski definition) is 20. The number of hydrogen-bond acceptors (Lipinski definition) is 24. The maximum atomic E-state index is 14.2. The maximum absolute atomic E-state index is 14.2. The van der Waals surface area contributed by atoms with Gasteiger partial charge in [-0.3, -0.25) is 77.7 Å². The molecule has 4 heterocycles. The highest BCUT2D eigenvalue weighted by Crippen LogP contribution is 2.35. The number of aliphatic hydroxyl groups is 5. The SMILES string of the molecule is CC(NC(=O)CNC(=O)C(C)NC(=O)C(CC(N)=O)N(O)C(=O)C(CO)NC(=O)CNC(=O)C1CCN=C(C(CO)NC(=O)C2CCNC3=C(NC(=O)CC(O)C(N)=O)C=C4C=C(O)C(O)=CC4N32)N1)C(=O)NCC(=O)NC1CCCN(O)C1=O. The van der Waals surface area contributed by atoms with Crippen LogP contribution < -0.4 is 70.0 Å². The molecule has 0 aromatic carbocycles. The zero-order chi connectivity index (χ0) is 63.0. The van der Waals surface area contributed by atoms with Crippen molar-refractivity contribution in [1.82, 2.24) is 73.5 Å². The Balaban J connectivity index is 1.10. The van der Waals surface area contributed by atoms with Crippen LogP contribution in [0.2, 0.25) is 0 Å². The summed E-state index contributed by atoms with van der Waals surface area (Å²) in [6.45, 7) is -1.60. The van der Waals surface area contributed by atoms with Crippen LogP contribution in [-0.2, 0) is 62.3 Å². The summed E-state index contributed by atoms with van der Waals surface area (Å²) in [5.74, 6) is -14.0. The van der Waals surface area contributed by atoms with Crippen molar-refractivity contribution in [2.45, 2.75) is 113 Å². The highest BCUT2D eigenvalue weighted by molar-refractivity contribution is 5.99. The Labute approximate surface area is 482 Å². The van der Waals surface area contributed by atoms with Crippen LogP contribution in [-0.4, -0.2) is 247 Å². The van der Waals surface area contributed by atoms with E-state index in [1.807, 2.05) is 0 Å².